The average molecular weight is 570 g/mol. The number of nitrogens with zero attached hydrogens (tertiary/aromatic N) is 4. The first-order chi connectivity index (χ1) is 21.1. The monoisotopic (exact) mass is 569 g/mol. The highest BCUT2D eigenvalue weighted by Crippen LogP contribution is 2.31. The molecule has 0 unspecified atom stereocenters. The van der Waals surface area contributed by atoms with Crippen LogP contribution in [0.1, 0.15) is 21.7 Å². The van der Waals surface area contributed by atoms with Gasteiger partial charge in [0.05, 0.1) is 25.3 Å². The summed E-state index contributed by atoms with van der Waals surface area (Å²) in [6, 6.07) is 32.7. The molecule has 1 aliphatic heterocycles. The van der Waals surface area contributed by atoms with E-state index in [4.69, 9.17) is 14.4 Å². The third-order valence-electron chi connectivity index (χ3n) is 7.61. The Morgan fingerprint density at radius 1 is 0.953 bits per heavy atom. The van der Waals surface area contributed by atoms with E-state index in [0.717, 1.165) is 59.8 Å². The predicted molar refractivity (Wildman–Crippen MR) is 167 cm³/mol. The molecule has 0 atom stereocenters. The van der Waals surface area contributed by atoms with Crippen molar-refractivity contribution in [3.8, 4) is 34.4 Å². The van der Waals surface area contributed by atoms with Gasteiger partial charge in [-0.2, -0.15) is 5.26 Å². The second-order valence-corrected chi connectivity index (χ2v) is 10.2. The van der Waals surface area contributed by atoms with E-state index in [2.05, 4.69) is 33.4 Å². The van der Waals surface area contributed by atoms with Gasteiger partial charge < -0.3 is 24.3 Å². The van der Waals surface area contributed by atoms with Crippen molar-refractivity contribution in [2.24, 2.45) is 0 Å². The zero-order chi connectivity index (χ0) is 29.6. The third-order valence-corrected chi connectivity index (χ3v) is 7.61. The Bertz CT molecular complexity index is 1730. The van der Waals surface area contributed by atoms with Crippen molar-refractivity contribution in [1.82, 2.24) is 10.3 Å². The van der Waals surface area contributed by atoms with Gasteiger partial charge in [-0.25, -0.2) is 4.98 Å². The number of rotatable bonds is 8. The summed E-state index contributed by atoms with van der Waals surface area (Å²) in [5.74, 6) is 1.08. The van der Waals surface area contributed by atoms with Crippen LogP contribution in [-0.2, 0) is 6.54 Å². The fourth-order valence-corrected chi connectivity index (χ4v) is 5.27. The summed E-state index contributed by atoms with van der Waals surface area (Å²) in [4.78, 5) is 22.6. The Balaban J connectivity index is 1.34. The van der Waals surface area contributed by atoms with E-state index in [1.807, 2.05) is 60.7 Å². The molecule has 6 rings (SSSR count). The summed E-state index contributed by atoms with van der Waals surface area (Å²) in [6.07, 6.45) is 1.78. The summed E-state index contributed by atoms with van der Waals surface area (Å²) in [5, 5.41) is 12.5. The van der Waals surface area contributed by atoms with E-state index in [1.165, 1.54) is 0 Å². The Morgan fingerprint density at radius 2 is 1.70 bits per heavy atom. The van der Waals surface area contributed by atoms with Gasteiger partial charge in [-0.05, 0) is 77.9 Å². The first-order valence-electron chi connectivity index (χ1n) is 14.2. The first kappa shape index (κ1) is 27.8. The van der Waals surface area contributed by atoms with E-state index in [0.29, 0.717) is 23.7 Å². The Labute approximate surface area is 250 Å². The molecular formula is C35H31N5O3. The molecule has 0 bridgehead atoms. The van der Waals surface area contributed by atoms with Crippen LogP contribution in [0.15, 0.2) is 108 Å². The highest BCUT2D eigenvalue weighted by atomic mass is 16.5. The van der Waals surface area contributed by atoms with Crippen LogP contribution in [0.5, 0.6) is 5.88 Å². The number of benzene rings is 3. The number of hydrogen-bond donors (Lipinski definition) is 1. The van der Waals surface area contributed by atoms with Crippen LogP contribution < -0.4 is 19.9 Å². The SMILES string of the molecule is COc1ccc(-c2ccccc2CN(C(=O)c2ccc(-c3ccc(C#N)cc3)o2)c2ccc(N3CCNCC3)cc2)cn1. The number of amides is 1. The van der Waals surface area contributed by atoms with E-state index in [9.17, 15) is 4.79 Å². The standard InChI is InChI=1S/C35H31N5O3/c1-42-34-17-10-27(23-38-34)31-5-3-2-4-28(31)24-40(30-13-11-29(12-14-30)39-20-18-37-19-21-39)35(41)33-16-15-32(43-33)26-8-6-25(22-36)7-9-26/h2-17,23,37H,18-21,24H2,1H3. The number of furan rings is 1. The quantitative estimate of drug-likeness (QED) is 0.240. The van der Waals surface area contributed by atoms with Crippen LogP contribution in [0.2, 0.25) is 0 Å². The van der Waals surface area contributed by atoms with Crippen LogP contribution in [0.4, 0.5) is 11.4 Å². The number of nitrogens with one attached hydrogen (secondary N) is 1. The van der Waals surface area contributed by atoms with Crippen molar-refractivity contribution in [3.63, 3.8) is 0 Å². The van der Waals surface area contributed by atoms with E-state index in [-0.39, 0.29) is 11.7 Å². The molecule has 3 heterocycles. The van der Waals surface area contributed by atoms with Crippen molar-refractivity contribution in [2.45, 2.75) is 6.54 Å². The number of methoxy groups -OCH3 is 1. The lowest BCUT2D eigenvalue weighted by atomic mass is 10.0. The lowest BCUT2D eigenvalue weighted by molar-refractivity contribution is 0.0959. The number of aromatic nitrogens is 1. The van der Waals surface area contributed by atoms with Gasteiger partial charge in [0.15, 0.2) is 5.76 Å². The number of nitriles is 1. The van der Waals surface area contributed by atoms with Gasteiger partial charge in [-0.1, -0.05) is 24.3 Å². The minimum absolute atomic E-state index is 0.231. The van der Waals surface area contributed by atoms with Crippen LogP contribution >= 0.6 is 0 Å². The molecule has 1 fully saturated rings. The molecular weight excluding hydrogens is 538 g/mol. The normalized spacial score (nSPS) is 12.9. The van der Waals surface area contributed by atoms with Crippen molar-refractivity contribution in [3.05, 3.63) is 120 Å². The van der Waals surface area contributed by atoms with Gasteiger partial charge >= 0.3 is 0 Å². The van der Waals surface area contributed by atoms with E-state index in [1.54, 1.807) is 42.5 Å². The number of piperazine rings is 1. The maximum Gasteiger partial charge on any atom is 0.294 e. The molecule has 8 heteroatoms. The zero-order valence-electron chi connectivity index (χ0n) is 23.9. The first-order valence-corrected chi connectivity index (χ1v) is 14.2. The summed E-state index contributed by atoms with van der Waals surface area (Å²) in [5.41, 5.74) is 6.12. The molecule has 8 nitrogen and oxygen atoms in total. The van der Waals surface area contributed by atoms with Crippen LogP contribution in [-0.4, -0.2) is 44.2 Å². The van der Waals surface area contributed by atoms with Crippen molar-refractivity contribution >= 4 is 17.3 Å². The lowest BCUT2D eigenvalue weighted by Crippen LogP contribution is -2.43. The molecule has 0 aliphatic carbocycles. The summed E-state index contributed by atoms with van der Waals surface area (Å²) in [7, 11) is 1.59. The van der Waals surface area contributed by atoms with Gasteiger partial charge in [0, 0.05) is 60.9 Å². The van der Waals surface area contributed by atoms with E-state index >= 15 is 0 Å². The number of pyridine rings is 1. The number of anilines is 2. The molecule has 1 saturated heterocycles. The van der Waals surface area contributed by atoms with Crippen molar-refractivity contribution in [2.75, 3.05) is 43.1 Å². The van der Waals surface area contributed by atoms with Crippen LogP contribution in [0.25, 0.3) is 22.5 Å². The second kappa shape index (κ2) is 12.6. The van der Waals surface area contributed by atoms with Crippen LogP contribution in [0, 0.1) is 11.3 Å². The third kappa shape index (κ3) is 6.13. The van der Waals surface area contributed by atoms with Crippen molar-refractivity contribution in [1.29, 1.82) is 5.26 Å². The fourth-order valence-electron chi connectivity index (χ4n) is 5.27. The van der Waals surface area contributed by atoms with E-state index < -0.39 is 0 Å². The Morgan fingerprint density at radius 3 is 2.40 bits per heavy atom. The molecule has 3 aromatic carbocycles. The maximum absolute atomic E-state index is 14.2. The highest BCUT2D eigenvalue weighted by Gasteiger charge is 2.24. The van der Waals surface area contributed by atoms with Gasteiger partial charge in [0.1, 0.15) is 5.76 Å². The summed E-state index contributed by atoms with van der Waals surface area (Å²) < 4.78 is 11.3. The Kier molecular flexibility index (Phi) is 8.16. The molecule has 2 aromatic heterocycles. The lowest BCUT2D eigenvalue weighted by Gasteiger charge is -2.30. The van der Waals surface area contributed by atoms with Crippen molar-refractivity contribution < 1.29 is 13.9 Å². The summed E-state index contributed by atoms with van der Waals surface area (Å²) >= 11 is 0. The number of hydrogen-bond acceptors (Lipinski definition) is 7. The average Bonchev–Trinajstić information content (AvgIpc) is 3.58. The topological polar surface area (TPSA) is 94.6 Å². The largest absolute Gasteiger partial charge is 0.481 e. The molecule has 1 aliphatic rings. The summed E-state index contributed by atoms with van der Waals surface area (Å²) in [6.45, 7) is 4.10. The molecule has 1 amide bonds. The maximum atomic E-state index is 14.2. The smallest absolute Gasteiger partial charge is 0.294 e. The number of carbonyl (C=O) groups is 1. The molecule has 214 valence electrons. The Hall–Kier alpha value is -5.39. The van der Waals surface area contributed by atoms with Gasteiger partial charge in [0.2, 0.25) is 5.88 Å². The van der Waals surface area contributed by atoms with Crippen LogP contribution in [0.3, 0.4) is 0 Å². The highest BCUT2D eigenvalue weighted by molar-refractivity contribution is 6.04. The minimum Gasteiger partial charge on any atom is -0.481 e. The molecule has 43 heavy (non-hydrogen) atoms. The minimum atomic E-state index is -0.252. The van der Waals surface area contributed by atoms with Gasteiger partial charge in [-0.3, -0.25) is 4.79 Å². The predicted octanol–water partition coefficient (Wildman–Crippen LogP) is 6.15. The van der Waals surface area contributed by atoms with Gasteiger partial charge in [0.25, 0.3) is 5.91 Å². The number of carbonyl (C=O) groups excluding carboxylic acids is 1. The molecule has 5 aromatic rings. The fraction of sp³-hybridized carbons (Fsp3) is 0.171. The number of ether oxygens (including phenoxy) is 1. The molecule has 1 N–H and O–H groups in total. The molecule has 0 radical (unpaired) electrons. The van der Waals surface area contributed by atoms with Gasteiger partial charge in [-0.15, -0.1) is 0 Å². The molecule has 0 saturated carbocycles. The zero-order valence-corrected chi connectivity index (χ0v) is 23.9. The molecule has 0 spiro atoms. The second-order valence-electron chi connectivity index (χ2n) is 10.2.